The number of urea groups is 1. The molecule has 0 aliphatic heterocycles. The van der Waals surface area contributed by atoms with Crippen molar-refractivity contribution in [3.63, 3.8) is 0 Å². The molecule has 1 heterocycles. The molecule has 0 radical (unpaired) electrons. The Labute approximate surface area is 112 Å². The van der Waals surface area contributed by atoms with E-state index in [2.05, 4.69) is 15.7 Å². The molecule has 19 heavy (non-hydrogen) atoms. The van der Waals surface area contributed by atoms with Crippen molar-refractivity contribution in [1.29, 1.82) is 0 Å². The number of amides is 2. The van der Waals surface area contributed by atoms with Crippen LogP contribution in [0.1, 0.15) is 39.4 Å². The molecule has 0 bridgehead atoms. The molecular formula is C12H20N4O3. The van der Waals surface area contributed by atoms with Crippen LogP contribution in [0.4, 0.5) is 4.79 Å². The molecule has 2 amide bonds. The van der Waals surface area contributed by atoms with E-state index in [4.69, 9.17) is 5.11 Å². The fraction of sp³-hybridized carbons (Fsp3) is 0.583. The van der Waals surface area contributed by atoms with Gasteiger partial charge in [-0.05, 0) is 33.8 Å². The minimum atomic E-state index is -1.30. The lowest BCUT2D eigenvalue weighted by Gasteiger charge is -2.20. The molecule has 0 aromatic carbocycles. The van der Waals surface area contributed by atoms with Gasteiger partial charge in [0.05, 0.1) is 12.2 Å². The molecule has 0 aliphatic carbocycles. The minimum absolute atomic E-state index is 0.251. The highest BCUT2D eigenvalue weighted by atomic mass is 16.4. The van der Waals surface area contributed by atoms with Gasteiger partial charge in [-0.1, -0.05) is 0 Å². The van der Waals surface area contributed by atoms with Gasteiger partial charge in [-0.3, -0.25) is 4.68 Å². The Bertz CT molecular complexity index is 465. The van der Waals surface area contributed by atoms with E-state index in [-0.39, 0.29) is 12.6 Å². The zero-order valence-corrected chi connectivity index (χ0v) is 11.6. The van der Waals surface area contributed by atoms with Crippen LogP contribution in [-0.4, -0.2) is 32.4 Å². The first-order valence-electron chi connectivity index (χ1n) is 6.06. The average molecular weight is 268 g/mol. The van der Waals surface area contributed by atoms with Gasteiger partial charge in [0.15, 0.2) is 0 Å². The molecule has 0 saturated heterocycles. The molecule has 0 saturated carbocycles. The normalized spacial score (nSPS) is 11.4. The van der Waals surface area contributed by atoms with Crippen molar-refractivity contribution < 1.29 is 14.7 Å². The molecule has 1 rings (SSSR count). The molecular weight excluding hydrogens is 248 g/mol. The van der Waals surface area contributed by atoms with E-state index in [9.17, 15) is 9.59 Å². The van der Waals surface area contributed by atoms with Gasteiger partial charge in [-0.2, -0.15) is 5.10 Å². The fourth-order valence-electron chi connectivity index (χ4n) is 1.31. The van der Waals surface area contributed by atoms with Crippen LogP contribution >= 0.6 is 0 Å². The molecule has 0 fully saturated rings. The van der Waals surface area contributed by atoms with Crippen molar-refractivity contribution in [3.8, 4) is 0 Å². The number of carbonyl (C=O) groups excluding carboxylic acids is 1. The largest absolute Gasteiger partial charge is 0.480 e. The molecule has 7 nitrogen and oxygen atoms in total. The van der Waals surface area contributed by atoms with E-state index in [1.54, 1.807) is 4.68 Å². The van der Waals surface area contributed by atoms with Gasteiger partial charge in [-0.15, -0.1) is 0 Å². The molecule has 106 valence electrons. The Hall–Kier alpha value is -2.05. The Morgan fingerprint density at radius 1 is 1.47 bits per heavy atom. The van der Waals surface area contributed by atoms with Crippen molar-refractivity contribution in [1.82, 2.24) is 20.4 Å². The standard InChI is InChI=1S/C12H20N4O3/c1-8(2)16-6-5-9(15-16)7-13-11(19)14-12(3,4)10(17)18/h5-6,8H,7H2,1-4H3,(H,17,18)(H2,13,14,19). The van der Waals surface area contributed by atoms with Gasteiger partial charge >= 0.3 is 12.0 Å². The van der Waals surface area contributed by atoms with Crippen LogP contribution in [0.25, 0.3) is 0 Å². The summed E-state index contributed by atoms with van der Waals surface area (Å²) in [5, 5.41) is 18.1. The van der Waals surface area contributed by atoms with Crippen LogP contribution in [0, 0.1) is 0 Å². The van der Waals surface area contributed by atoms with Crippen LogP contribution in [0.5, 0.6) is 0 Å². The number of carboxylic acids is 1. The minimum Gasteiger partial charge on any atom is -0.480 e. The number of hydrogen-bond acceptors (Lipinski definition) is 3. The summed E-state index contributed by atoms with van der Waals surface area (Å²) in [7, 11) is 0. The van der Waals surface area contributed by atoms with E-state index < -0.39 is 17.5 Å². The van der Waals surface area contributed by atoms with Gasteiger partial charge in [0.1, 0.15) is 5.54 Å². The summed E-state index contributed by atoms with van der Waals surface area (Å²) in [6.07, 6.45) is 1.83. The monoisotopic (exact) mass is 268 g/mol. The van der Waals surface area contributed by atoms with Crippen molar-refractivity contribution in [3.05, 3.63) is 18.0 Å². The molecule has 0 unspecified atom stereocenters. The Kier molecular flexibility index (Phi) is 4.52. The van der Waals surface area contributed by atoms with Gasteiger partial charge in [0.2, 0.25) is 0 Å². The predicted molar refractivity (Wildman–Crippen MR) is 69.7 cm³/mol. The lowest BCUT2D eigenvalue weighted by atomic mass is 10.1. The molecule has 0 atom stereocenters. The number of rotatable bonds is 5. The SMILES string of the molecule is CC(C)n1ccc(CNC(=O)NC(C)(C)C(=O)O)n1. The first-order valence-corrected chi connectivity index (χ1v) is 6.06. The van der Waals surface area contributed by atoms with E-state index in [0.717, 1.165) is 5.69 Å². The van der Waals surface area contributed by atoms with Crippen molar-refractivity contribution in [2.75, 3.05) is 0 Å². The van der Waals surface area contributed by atoms with Crippen LogP contribution in [0.2, 0.25) is 0 Å². The number of carboxylic acid groups (broad SMARTS) is 1. The number of aromatic nitrogens is 2. The maximum Gasteiger partial charge on any atom is 0.328 e. The summed E-state index contributed by atoms with van der Waals surface area (Å²) in [5.74, 6) is -1.09. The lowest BCUT2D eigenvalue weighted by Crippen LogP contribution is -2.53. The van der Waals surface area contributed by atoms with Crippen molar-refractivity contribution in [2.45, 2.75) is 45.8 Å². The smallest absolute Gasteiger partial charge is 0.328 e. The second-order valence-corrected chi connectivity index (χ2v) is 5.12. The topological polar surface area (TPSA) is 96.2 Å². The second-order valence-electron chi connectivity index (χ2n) is 5.12. The number of nitrogens with zero attached hydrogens (tertiary/aromatic N) is 2. The maximum absolute atomic E-state index is 11.6. The molecule has 0 spiro atoms. The highest BCUT2D eigenvalue weighted by molar-refractivity contribution is 5.85. The van der Waals surface area contributed by atoms with E-state index >= 15 is 0 Å². The Balaban J connectivity index is 2.48. The zero-order valence-electron chi connectivity index (χ0n) is 11.6. The van der Waals surface area contributed by atoms with Crippen LogP contribution in [-0.2, 0) is 11.3 Å². The zero-order chi connectivity index (χ0) is 14.6. The van der Waals surface area contributed by atoms with Crippen LogP contribution in [0.3, 0.4) is 0 Å². The summed E-state index contributed by atoms with van der Waals surface area (Å²) < 4.78 is 1.79. The molecule has 3 N–H and O–H groups in total. The Morgan fingerprint density at radius 2 is 2.11 bits per heavy atom. The van der Waals surface area contributed by atoms with E-state index in [1.807, 2.05) is 26.1 Å². The number of nitrogens with one attached hydrogen (secondary N) is 2. The maximum atomic E-state index is 11.6. The van der Waals surface area contributed by atoms with E-state index in [0.29, 0.717) is 0 Å². The highest BCUT2D eigenvalue weighted by Crippen LogP contribution is 2.04. The van der Waals surface area contributed by atoms with Crippen LogP contribution < -0.4 is 10.6 Å². The second kappa shape index (κ2) is 5.73. The first kappa shape index (κ1) is 15.0. The predicted octanol–water partition coefficient (Wildman–Crippen LogP) is 1.13. The quantitative estimate of drug-likeness (QED) is 0.745. The number of hydrogen-bond donors (Lipinski definition) is 3. The number of aliphatic carboxylic acids is 1. The summed E-state index contributed by atoms with van der Waals surface area (Å²) in [6, 6.07) is 1.53. The van der Waals surface area contributed by atoms with Gasteiger partial charge in [0, 0.05) is 12.2 Å². The third kappa shape index (κ3) is 4.27. The van der Waals surface area contributed by atoms with Gasteiger partial charge in [0.25, 0.3) is 0 Å². The Morgan fingerprint density at radius 3 is 2.58 bits per heavy atom. The summed E-state index contributed by atoms with van der Waals surface area (Å²) in [5.41, 5.74) is -0.585. The van der Waals surface area contributed by atoms with Gasteiger partial charge in [-0.25, -0.2) is 9.59 Å². The molecule has 1 aromatic rings. The average Bonchev–Trinajstić information content (AvgIpc) is 2.74. The fourth-order valence-corrected chi connectivity index (χ4v) is 1.31. The summed E-state index contributed by atoms with van der Waals surface area (Å²) >= 11 is 0. The molecule has 0 aliphatic rings. The van der Waals surface area contributed by atoms with Gasteiger partial charge < -0.3 is 15.7 Å². The number of carbonyl (C=O) groups is 2. The lowest BCUT2D eigenvalue weighted by molar-refractivity contribution is -0.142. The summed E-state index contributed by atoms with van der Waals surface area (Å²) in [4.78, 5) is 22.4. The summed E-state index contributed by atoms with van der Waals surface area (Å²) in [6.45, 7) is 7.10. The molecule has 7 heteroatoms. The van der Waals surface area contributed by atoms with Crippen LogP contribution in [0.15, 0.2) is 12.3 Å². The highest BCUT2D eigenvalue weighted by Gasteiger charge is 2.28. The third-order valence-corrected chi connectivity index (χ3v) is 2.58. The first-order chi connectivity index (χ1) is 8.72. The molecule has 1 aromatic heterocycles. The van der Waals surface area contributed by atoms with Crippen molar-refractivity contribution in [2.24, 2.45) is 0 Å². The van der Waals surface area contributed by atoms with Crippen molar-refractivity contribution >= 4 is 12.0 Å². The van der Waals surface area contributed by atoms with E-state index in [1.165, 1.54) is 13.8 Å². The third-order valence-electron chi connectivity index (χ3n) is 2.58.